The molecule has 0 unspecified atom stereocenters. The molecule has 1 saturated carbocycles. The SMILES string of the molecule is Cc1c(C(=O)O[C@H]2CCCCC2=O)oc2ccc(Br)cc12. The number of aryl methyl sites for hydroxylation is 1. The quantitative estimate of drug-likeness (QED) is 0.762. The van der Waals surface area contributed by atoms with Gasteiger partial charge < -0.3 is 9.15 Å². The van der Waals surface area contributed by atoms with Gasteiger partial charge in [0.2, 0.25) is 5.76 Å². The summed E-state index contributed by atoms with van der Waals surface area (Å²) in [5.74, 6) is -0.368. The molecule has 0 amide bonds. The van der Waals surface area contributed by atoms with Crippen molar-refractivity contribution < 1.29 is 18.7 Å². The van der Waals surface area contributed by atoms with Crippen molar-refractivity contribution in [3.63, 3.8) is 0 Å². The molecular formula is C16H15BrO4. The van der Waals surface area contributed by atoms with E-state index in [4.69, 9.17) is 9.15 Å². The van der Waals surface area contributed by atoms with Crippen molar-refractivity contribution in [3.8, 4) is 0 Å². The zero-order valence-corrected chi connectivity index (χ0v) is 13.2. The molecule has 0 spiro atoms. The summed E-state index contributed by atoms with van der Waals surface area (Å²) in [6.45, 7) is 1.82. The summed E-state index contributed by atoms with van der Waals surface area (Å²) < 4.78 is 11.8. The van der Waals surface area contributed by atoms with Crippen LogP contribution in [0.4, 0.5) is 0 Å². The highest BCUT2D eigenvalue weighted by Gasteiger charge is 2.28. The monoisotopic (exact) mass is 350 g/mol. The fraction of sp³-hybridized carbons (Fsp3) is 0.375. The van der Waals surface area contributed by atoms with Crippen LogP contribution in [0, 0.1) is 6.92 Å². The smallest absolute Gasteiger partial charge is 0.375 e. The van der Waals surface area contributed by atoms with Crippen molar-refractivity contribution in [2.75, 3.05) is 0 Å². The number of carbonyl (C=O) groups is 2. The summed E-state index contributed by atoms with van der Waals surface area (Å²) in [6, 6.07) is 5.55. The highest BCUT2D eigenvalue weighted by atomic mass is 79.9. The number of Topliss-reactive ketones (excluding diaryl/α,β-unsaturated/α-hetero) is 1. The van der Waals surface area contributed by atoms with Crippen LogP contribution in [0.25, 0.3) is 11.0 Å². The average molecular weight is 351 g/mol. The maximum Gasteiger partial charge on any atom is 0.375 e. The van der Waals surface area contributed by atoms with Gasteiger partial charge in [-0.1, -0.05) is 15.9 Å². The topological polar surface area (TPSA) is 56.5 Å². The first kappa shape index (κ1) is 14.3. The molecule has 1 aromatic heterocycles. The van der Waals surface area contributed by atoms with E-state index in [0.717, 1.165) is 28.3 Å². The molecule has 0 radical (unpaired) electrons. The van der Waals surface area contributed by atoms with E-state index in [1.165, 1.54) is 0 Å². The van der Waals surface area contributed by atoms with Crippen molar-refractivity contribution in [1.82, 2.24) is 0 Å². The third kappa shape index (κ3) is 2.75. The van der Waals surface area contributed by atoms with Crippen molar-refractivity contribution >= 4 is 38.7 Å². The van der Waals surface area contributed by atoms with Gasteiger partial charge in [0.05, 0.1) is 0 Å². The van der Waals surface area contributed by atoms with Gasteiger partial charge in [-0.05, 0) is 44.4 Å². The van der Waals surface area contributed by atoms with Crippen LogP contribution >= 0.6 is 15.9 Å². The van der Waals surface area contributed by atoms with Crippen LogP contribution in [-0.2, 0) is 9.53 Å². The molecule has 1 fully saturated rings. The van der Waals surface area contributed by atoms with Gasteiger partial charge in [-0.3, -0.25) is 4.79 Å². The molecule has 1 aromatic carbocycles. The number of furan rings is 1. The second-order valence-corrected chi connectivity index (χ2v) is 6.22. The second-order valence-electron chi connectivity index (χ2n) is 5.30. The number of hydrogen-bond donors (Lipinski definition) is 0. The third-order valence-corrected chi connectivity index (χ3v) is 4.32. The number of carbonyl (C=O) groups excluding carboxylic acids is 2. The first-order chi connectivity index (χ1) is 10.1. The molecule has 2 aromatic rings. The standard InChI is InChI=1S/C16H15BrO4/c1-9-11-8-10(17)6-7-13(11)20-15(9)16(19)21-14-5-3-2-4-12(14)18/h6-8,14H,2-5H2,1H3/t14-/m0/s1. The van der Waals surface area contributed by atoms with Crippen molar-refractivity contribution in [1.29, 1.82) is 0 Å². The van der Waals surface area contributed by atoms with Crippen LogP contribution in [0.5, 0.6) is 0 Å². The second kappa shape index (κ2) is 5.64. The van der Waals surface area contributed by atoms with Crippen molar-refractivity contribution in [2.45, 2.75) is 38.7 Å². The van der Waals surface area contributed by atoms with E-state index in [-0.39, 0.29) is 11.5 Å². The largest absolute Gasteiger partial charge is 0.449 e. The number of halogens is 1. The van der Waals surface area contributed by atoms with Gasteiger partial charge in [0.15, 0.2) is 11.9 Å². The number of benzene rings is 1. The maximum atomic E-state index is 12.3. The minimum absolute atomic E-state index is 0.00566. The summed E-state index contributed by atoms with van der Waals surface area (Å²) in [7, 11) is 0. The van der Waals surface area contributed by atoms with Gasteiger partial charge in [0.1, 0.15) is 5.58 Å². The third-order valence-electron chi connectivity index (χ3n) is 3.83. The number of ether oxygens (including phenoxy) is 1. The molecule has 4 nitrogen and oxygen atoms in total. The summed E-state index contributed by atoms with van der Waals surface area (Å²) >= 11 is 3.40. The molecule has 21 heavy (non-hydrogen) atoms. The van der Waals surface area contributed by atoms with Crippen LogP contribution < -0.4 is 0 Å². The molecule has 1 atom stereocenters. The van der Waals surface area contributed by atoms with Gasteiger partial charge in [-0.2, -0.15) is 0 Å². The van der Waals surface area contributed by atoms with E-state index in [1.807, 2.05) is 19.1 Å². The number of hydrogen-bond acceptors (Lipinski definition) is 4. The zero-order valence-electron chi connectivity index (χ0n) is 11.6. The van der Waals surface area contributed by atoms with E-state index >= 15 is 0 Å². The highest BCUT2D eigenvalue weighted by Crippen LogP contribution is 2.29. The van der Waals surface area contributed by atoms with E-state index in [9.17, 15) is 9.59 Å². The van der Waals surface area contributed by atoms with Crippen LogP contribution in [-0.4, -0.2) is 17.9 Å². The summed E-state index contributed by atoms with van der Waals surface area (Å²) in [4.78, 5) is 24.0. The van der Waals surface area contributed by atoms with Gasteiger partial charge >= 0.3 is 5.97 Å². The lowest BCUT2D eigenvalue weighted by molar-refractivity contribution is -0.130. The van der Waals surface area contributed by atoms with E-state index in [0.29, 0.717) is 18.4 Å². The van der Waals surface area contributed by atoms with Crippen LogP contribution in [0.3, 0.4) is 0 Å². The minimum atomic E-state index is -0.620. The highest BCUT2D eigenvalue weighted by molar-refractivity contribution is 9.10. The molecule has 0 aliphatic heterocycles. The zero-order chi connectivity index (χ0) is 15.0. The molecule has 3 rings (SSSR count). The number of rotatable bonds is 2. The molecule has 5 heteroatoms. The lowest BCUT2D eigenvalue weighted by atomic mass is 9.96. The minimum Gasteiger partial charge on any atom is -0.449 e. The molecule has 0 N–H and O–H groups in total. The maximum absolute atomic E-state index is 12.3. The average Bonchev–Trinajstić information content (AvgIpc) is 2.79. The first-order valence-corrected chi connectivity index (χ1v) is 7.78. The fourth-order valence-corrected chi connectivity index (χ4v) is 3.01. The Labute approximate surface area is 130 Å². The van der Waals surface area contributed by atoms with Gasteiger partial charge in [0, 0.05) is 21.8 Å². The lowest BCUT2D eigenvalue weighted by Gasteiger charge is -2.20. The normalized spacial score (nSPS) is 19.0. The predicted molar refractivity (Wildman–Crippen MR) is 81.3 cm³/mol. The van der Waals surface area contributed by atoms with Gasteiger partial charge in [0.25, 0.3) is 0 Å². The number of esters is 1. The fourth-order valence-electron chi connectivity index (χ4n) is 2.65. The molecule has 110 valence electrons. The Morgan fingerprint density at radius 3 is 2.95 bits per heavy atom. The Morgan fingerprint density at radius 1 is 1.38 bits per heavy atom. The van der Waals surface area contributed by atoms with Gasteiger partial charge in [-0.15, -0.1) is 0 Å². The molecule has 1 aliphatic rings. The van der Waals surface area contributed by atoms with Crippen LogP contribution in [0.1, 0.15) is 41.8 Å². The van der Waals surface area contributed by atoms with E-state index in [1.54, 1.807) is 6.07 Å². The Bertz CT molecular complexity index is 716. The Balaban J connectivity index is 1.87. The molecule has 1 aliphatic carbocycles. The van der Waals surface area contributed by atoms with Crippen molar-refractivity contribution in [2.24, 2.45) is 0 Å². The molecule has 0 saturated heterocycles. The Morgan fingerprint density at radius 2 is 2.19 bits per heavy atom. The summed E-state index contributed by atoms with van der Waals surface area (Å²) in [6.07, 6.45) is 2.27. The van der Waals surface area contributed by atoms with Crippen molar-refractivity contribution in [3.05, 3.63) is 34.0 Å². The van der Waals surface area contributed by atoms with E-state index in [2.05, 4.69) is 15.9 Å². The molecule has 0 bridgehead atoms. The number of ketones is 1. The number of fused-ring (bicyclic) bond motifs is 1. The van der Waals surface area contributed by atoms with Crippen LogP contribution in [0.15, 0.2) is 27.1 Å². The summed E-state index contributed by atoms with van der Waals surface area (Å²) in [5, 5.41) is 0.867. The Hall–Kier alpha value is -1.62. The first-order valence-electron chi connectivity index (χ1n) is 6.98. The van der Waals surface area contributed by atoms with Crippen LogP contribution in [0.2, 0.25) is 0 Å². The van der Waals surface area contributed by atoms with Gasteiger partial charge in [-0.25, -0.2) is 4.79 Å². The molecule has 1 heterocycles. The Kier molecular flexibility index (Phi) is 3.85. The lowest BCUT2D eigenvalue weighted by Crippen LogP contribution is -2.30. The van der Waals surface area contributed by atoms with E-state index < -0.39 is 12.1 Å². The summed E-state index contributed by atoms with van der Waals surface area (Å²) in [5.41, 5.74) is 1.37. The molecular weight excluding hydrogens is 336 g/mol. The predicted octanol–water partition coefficient (Wildman–Crippen LogP) is 4.17.